The third-order valence-corrected chi connectivity index (χ3v) is 4.48. The van der Waals surface area contributed by atoms with Crippen molar-refractivity contribution >= 4 is 23.2 Å². The molecule has 2 aromatic rings. The van der Waals surface area contributed by atoms with Crippen molar-refractivity contribution in [2.24, 2.45) is 0 Å². The first kappa shape index (κ1) is 15.1. The molecule has 0 fully saturated rings. The van der Waals surface area contributed by atoms with Crippen molar-refractivity contribution in [3.8, 4) is 0 Å². The molecule has 0 saturated heterocycles. The molecular formula is C18H20ClN2O+. The number of hydrogen-bond donors (Lipinski definition) is 1. The molecule has 2 aromatic carbocycles. The fourth-order valence-corrected chi connectivity index (χ4v) is 3.01. The third-order valence-electron chi connectivity index (χ3n) is 4.23. The summed E-state index contributed by atoms with van der Waals surface area (Å²) >= 11 is 5.91. The zero-order valence-corrected chi connectivity index (χ0v) is 13.4. The third kappa shape index (κ3) is 3.16. The van der Waals surface area contributed by atoms with Gasteiger partial charge in [-0.2, -0.15) is 0 Å². The van der Waals surface area contributed by atoms with E-state index < -0.39 is 0 Å². The van der Waals surface area contributed by atoms with Crippen LogP contribution in [0, 0.1) is 0 Å². The predicted octanol–water partition coefficient (Wildman–Crippen LogP) is 2.55. The number of hydrogen-bond acceptors (Lipinski definition) is 1. The van der Waals surface area contributed by atoms with Crippen LogP contribution in [-0.2, 0) is 11.2 Å². The molecule has 0 unspecified atom stereocenters. The van der Waals surface area contributed by atoms with E-state index in [1.165, 1.54) is 11.1 Å². The van der Waals surface area contributed by atoms with Crippen LogP contribution < -0.4 is 10.2 Å². The zero-order chi connectivity index (χ0) is 15.5. The molecule has 0 radical (unpaired) electrons. The molecular weight excluding hydrogens is 296 g/mol. The van der Waals surface area contributed by atoms with Crippen molar-refractivity contribution < 1.29 is 10.1 Å². The number of carbonyl (C=O) groups is 1. The van der Waals surface area contributed by atoms with Gasteiger partial charge in [-0.15, -0.1) is 0 Å². The quantitative estimate of drug-likeness (QED) is 0.925. The van der Waals surface area contributed by atoms with Crippen LogP contribution in [0.5, 0.6) is 0 Å². The lowest BCUT2D eigenvalue weighted by molar-refractivity contribution is -0.682. The summed E-state index contributed by atoms with van der Waals surface area (Å²) in [5.74, 6) is 0.172. The molecule has 0 bridgehead atoms. The van der Waals surface area contributed by atoms with Crippen molar-refractivity contribution in [1.29, 1.82) is 0 Å². The van der Waals surface area contributed by atoms with Gasteiger partial charge in [0.1, 0.15) is 6.04 Å². The molecule has 114 valence electrons. The SMILES string of the molecule is C[C@@H]([NH2+]CC(=O)N1CCc2ccccc21)c1ccc(Cl)cc1. The van der Waals surface area contributed by atoms with E-state index in [-0.39, 0.29) is 11.9 Å². The van der Waals surface area contributed by atoms with Gasteiger partial charge in [0.15, 0.2) is 6.54 Å². The number of halogens is 1. The second-order valence-corrected chi connectivity index (χ2v) is 6.14. The smallest absolute Gasteiger partial charge is 0.282 e. The number of rotatable bonds is 4. The first-order chi connectivity index (χ1) is 10.6. The maximum absolute atomic E-state index is 12.5. The molecule has 1 aliphatic heterocycles. The maximum atomic E-state index is 12.5. The van der Waals surface area contributed by atoms with Crippen LogP contribution in [0.15, 0.2) is 48.5 Å². The molecule has 1 heterocycles. The normalized spacial score (nSPS) is 14.7. The summed E-state index contributed by atoms with van der Waals surface area (Å²) in [6, 6.07) is 16.2. The minimum absolute atomic E-state index is 0.172. The van der Waals surface area contributed by atoms with Gasteiger partial charge < -0.3 is 10.2 Å². The number of nitrogens with zero attached hydrogens (tertiary/aromatic N) is 1. The number of quaternary nitrogens is 1. The van der Waals surface area contributed by atoms with Gasteiger partial charge in [0.05, 0.1) is 0 Å². The van der Waals surface area contributed by atoms with Crippen molar-refractivity contribution in [1.82, 2.24) is 0 Å². The Morgan fingerprint density at radius 3 is 2.73 bits per heavy atom. The maximum Gasteiger partial charge on any atom is 0.282 e. The molecule has 0 saturated carbocycles. The van der Waals surface area contributed by atoms with E-state index in [4.69, 9.17) is 11.6 Å². The highest BCUT2D eigenvalue weighted by molar-refractivity contribution is 6.30. The molecule has 1 atom stereocenters. The number of benzene rings is 2. The lowest BCUT2D eigenvalue weighted by atomic mass is 10.1. The van der Waals surface area contributed by atoms with E-state index >= 15 is 0 Å². The summed E-state index contributed by atoms with van der Waals surface area (Å²) in [7, 11) is 0. The van der Waals surface area contributed by atoms with Crippen LogP contribution in [0.3, 0.4) is 0 Å². The molecule has 4 heteroatoms. The molecule has 1 amide bonds. The number of anilines is 1. The number of para-hydroxylation sites is 1. The lowest BCUT2D eigenvalue weighted by Gasteiger charge is -2.18. The highest BCUT2D eigenvalue weighted by atomic mass is 35.5. The monoisotopic (exact) mass is 315 g/mol. The van der Waals surface area contributed by atoms with Crippen molar-refractivity contribution in [2.75, 3.05) is 18.0 Å². The van der Waals surface area contributed by atoms with E-state index in [9.17, 15) is 4.79 Å². The van der Waals surface area contributed by atoms with Crippen LogP contribution in [0.2, 0.25) is 5.02 Å². The summed E-state index contributed by atoms with van der Waals surface area (Å²) in [4.78, 5) is 14.4. The van der Waals surface area contributed by atoms with Gasteiger partial charge in [0, 0.05) is 22.8 Å². The minimum atomic E-state index is 0.172. The Labute approximate surface area is 135 Å². The minimum Gasteiger partial charge on any atom is -0.333 e. The van der Waals surface area contributed by atoms with E-state index in [0.29, 0.717) is 6.54 Å². The summed E-state index contributed by atoms with van der Waals surface area (Å²) < 4.78 is 0. The molecule has 0 aromatic heterocycles. The van der Waals surface area contributed by atoms with Crippen molar-refractivity contribution in [3.05, 3.63) is 64.7 Å². The number of fused-ring (bicyclic) bond motifs is 1. The van der Waals surface area contributed by atoms with Gasteiger partial charge in [-0.05, 0) is 37.1 Å². The Morgan fingerprint density at radius 2 is 1.95 bits per heavy atom. The van der Waals surface area contributed by atoms with Gasteiger partial charge in [-0.1, -0.05) is 41.9 Å². The van der Waals surface area contributed by atoms with Gasteiger partial charge in [0.2, 0.25) is 0 Å². The summed E-state index contributed by atoms with van der Waals surface area (Å²) in [6.45, 7) is 3.36. The van der Waals surface area contributed by atoms with E-state index in [1.54, 1.807) is 0 Å². The zero-order valence-electron chi connectivity index (χ0n) is 12.6. The van der Waals surface area contributed by atoms with E-state index in [0.717, 1.165) is 23.7 Å². The summed E-state index contributed by atoms with van der Waals surface area (Å²) in [5.41, 5.74) is 3.51. The van der Waals surface area contributed by atoms with Crippen molar-refractivity contribution in [2.45, 2.75) is 19.4 Å². The average molecular weight is 316 g/mol. The fraction of sp³-hybridized carbons (Fsp3) is 0.278. The predicted molar refractivity (Wildman–Crippen MR) is 89.2 cm³/mol. The number of carbonyl (C=O) groups excluding carboxylic acids is 1. The first-order valence-electron chi connectivity index (χ1n) is 7.62. The Hall–Kier alpha value is -1.84. The van der Waals surface area contributed by atoms with Crippen molar-refractivity contribution in [3.63, 3.8) is 0 Å². The second-order valence-electron chi connectivity index (χ2n) is 5.70. The second kappa shape index (κ2) is 6.51. The Morgan fingerprint density at radius 1 is 1.23 bits per heavy atom. The van der Waals surface area contributed by atoms with Gasteiger partial charge in [-0.3, -0.25) is 4.79 Å². The van der Waals surface area contributed by atoms with Crippen LogP contribution in [0.4, 0.5) is 5.69 Å². The number of amides is 1. The molecule has 0 spiro atoms. The largest absolute Gasteiger partial charge is 0.333 e. The first-order valence-corrected chi connectivity index (χ1v) is 8.00. The van der Waals surface area contributed by atoms with Crippen LogP contribution >= 0.6 is 11.6 Å². The molecule has 2 N–H and O–H groups in total. The topological polar surface area (TPSA) is 36.9 Å². The summed E-state index contributed by atoms with van der Waals surface area (Å²) in [5, 5.41) is 2.81. The van der Waals surface area contributed by atoms with Crippen LogP contribution in [0.1, 0.15) is 24.1 Å². The number of nitrogens with two attached hydrogens (primary N) is 1. The van der Waals surface area contributed by atoms with Gasteiger partial charge >= 0.3 is 0 Å². The molecule has 3 nitrogen and oxygen atoms in total. The average Bonchev–Trinajstić information content (AvgIpc) is 2.97. The summed E-state index contributed by atoms with van der Waals surface area (Å²) in [6.07, 6.45) is 0.953. The lowest BCUT2D eigenvalue weighted by Crippen LogP contribution is -2.87. The molecule has 1 aliphatic rings. The Balaban J connectivity index is 1.60. The Bertz CT molecular complexity index is 669. The highest BCUT2D eigenvalue weighted by Gasteiger charge is 2.25. The molecule has 3 rings (SSSR count). The van der Waals surface area contributed by atoms with Crippen LogP contribution in [0.25, 0.3) is 0 Å². The Kier molecular flexibility index (Phi) is 4.46. The molecule has 0 aliphatic carbocycles. The van der Waals surface area contributed by atoms with Crippen LogP contribution in [-0.4, -0.2) is 19.0 Å². The molecule has 22 heavy (non-hydrogen) atoms. The highest BCUT2D eigenvalue weighted by Crippen LogP contribution is 2.27. The van der Waals surface area contributed by atoms with Gasteiger partial charge in [-0.25, -0.2) is 0 Å². The standard InChI is InChI=1S/C18H19ClN2O/c1-13(14-6-8-16(19)9-7-14)20-12-18(22)21-11-10-15-4-2-3-5-17(15)21/h2-9,13,20H,10-12H2,1H3/p+1/t13-/m1/s1. The van der Waals surface area contributed by atoms with E-state index in [2.05, 4.69) is 18.3 Å². The van der Waals surface area contributed by atoms with Gasteiger partial charge in [0.25, 0.3) is 5.91 Å². The fourth-order valence-electron chi connectivity index (χ4n) is 2.89. The van der Waals surface area contributed by atoms with E-state index in [1.807, 2.05) is 47.4 Å².